The van der Waals surface area contributed by atoms with Crippen LogP contribution in [0.25, 0.3) is 0 Å². The maximum atomic E-state index is 13.0. The van der Waals surface area contributed by atoms with Gasteiger partial charge in [-0.25, -0.2) is 18.0 Å². The van der Waals surface area contributed by atoms with Crippen molar-refractivity contribution in [3.05, 3.63) is 41.7 Å². The first-order valence-electron chi connectivity index (χ1n) is 4.21. The molecule has 0 fully saturated rings. The molecule has 0 atom stereocenters. The highest BCUT2D eigenvalue weighted by Crippen LogP contribution is 2.20. The lowest BCUT2D eigenvalue weighted by atomic mass is 10.2. The van der Waals surface area contributed by atoms with E-state index in [0.717, 1.165) is 0 Å². The van der Waals surface area contributed by atoms with E-state index in [1.165, 1.54) is 0 Å². The summed E-state index contributed by atoms with van der Waals surface area (Å²) in [5, 5.41) is 10.6. The molecule has 0 spiro atoms. The lowest BCUT2D eigenvalue weighted by Crippen LogP contribution is -2.13. The molecule has 0 aliphatic heterocycles. The zero-order chi connectivity index (χ0) is 12.3. The first-order chi connectivity index (χ1) is 7.41. The van der Waals surface area contributed by atoms with Crippen molar-refractivity contribution in [1.29, 1.82) is 0 Å². The van der Waals surface area contributed by atoms with Crippen LogP contribution < -0.4 is 5.32 Å². The van der Waals surface area contributed by atoms with Crippen molar-refractivity contribution in [2.45, 2.75) is 0 Å². The van der Waals surface area contributed by atoms with Crippen molar-refractivity contribution in [1.82, 2.24) is 0 Å². The lowest BCUT2D eigenvalue weighted by molar-refractivity contribution is -0.132. The van der Waals surface area contributed by atoms with Crippen LogP contribution in [0.1, 0.15) is 0 Å². The summed E-state index contributed by atoms with van der Waals surface area (Å²) < 4.78 is 38.6. The van der Waals surface area contributed by atoms with Crippen LogP contribution in [0, 0.1) is 17.5 Å². The number of rotatable bonds is 4. The van der Waals surface area contributed by atoms with Crippen LogP contribution in [0.2, 0.25) is 0 Å². The van der Waals surface area contributed by atoms with Gasteiger partial charge in [0.25, 0.3) is 0 Å². The summed E-state index contributed by atoms with van der Waals surface area (Å²) in [6.45, 7) is 2.83. The van der Waals surface area contributed by atoms with Gasteiger partial charge >= 0.3 is 5.97 Å². The largest absolute Gasteiger partial charge is 0.478 e. The van der Waals surface area contributed by atoms with Crippen LogP contribution in [-0.4, -0.2) is 17.6 Å². The van der Waals surface area contributed by atoms with Crippen LogP contribution in [0.4, 0.5) is 18.9 Å². The SMILES string of the molecule is C=C(CNc1c(F)cc(F)cc1F)C(=O)O. The van der Waals surface area contributed by atoms with Crippen molar-refractivity contribution in [2.24, 2.45) is 0 Å². The average Bonchev–Trinajstić information content (AvgIpc) is 2.15. The monoisotopic (exact) mass is 231 g/mol. The molecule has 0 saturated carbocycles. The van der Waals surface area contributed by atoms with E-state index in [1.54, 1.807) is 0 Å². The van der Waals surface area contributed by atoms with Gasteiger partial charge in [0.2, 0.25) is 0 Å². The predicted octanol–water partition coefficient (Wildman–Crippen LogP) is 2.16. The molecule has 6 heteroatoms. The van der Waals surface area contributed by atoms with Crippen molar-refractivity contribution in [3.8, 4) is 0 Å². The zero-order valence-electron chi connectivity index (χ0n) is 8.06. The van der Waals surface area contributed by atoms with Gasteiger partial charge in [0.05, 0.1) is 0 Å². The molecule has 0 aliphatic rings. The van der Waals surface area contributed by atoms with Crippen LogP contribution in [-0.2, 0) is 4.79 Å². The highest BCUT2D eigenvalue weighted by atomic mass is 19.1. The smallest absolute Gasteiger partial charge is 0.332 e. The Morgan fingerprint density at radius 3 is 2.25 bits per heavy atom. The molecule has 1 aromatic carbocycles. The first kappa shape index (κ1) is 12.1. The van der Waals surface area contributed by atoms with Crippen molar-refractivity contribution < 1.29 is 23.1 Å². The number of hydrogen-bond acceptors (Lipinski definition) is 2. The quantitative estimate of drug-likeness (QED) is 0.780. The first-order valence-corrected chi connectivity index (χ1v) is 4.21. The summed E-state index contributed by atoms with van der Waals surface area (Å²) in [7, 11) is 0. The summed E-state index contributed by atoms with van der Waals surface area (Å²) in [5.41, 5.74) is -0.841. The highest BCUT2D eigenvalue weighted by molar-refractivity contribution is 5.86. The Morgan fingerprint density at radius 2 is 1.81 bits per heavy atom. The third kappa shape index (κ3) is 2.75. The van der Waals surface area contributed by atoms with E-state index in [0.29, 0.717) is 12.1 Å². The highest BCUT2D eigenvalue weighted by Gasteiger charge is 2.12. The Labute approximate surface area is 89.2 Å². The molecule has 2 N–H and O–H groups in total. The molecule has 0 amide bonds. The van der Waals surface area contributed by atoms with Gasteiger partial charge in [-0.15, -0.1) is 0 Å². The number of carboxylic acid groups (broad SMARTS) is 1. The second-order valence-corrected chi connectivity index (χ2v) is 3.01. The van der Waals surface area contributed by atoms with Gasteiger partial charge in [0.15, 0.2) is 11.6 Å². The van der Waals surface area contributed by atoms with Gasteiger partial charge < -0.3 is 10.4 Å². The fraction of sp³-hybridized carbons (Fsp3) is 0.100. The van der Waals surface area contributed by atoms with Crippen molar-refractivity contribution in [2.75, 3.05) is 11.9 Å². The normalized spacial score (nSPS) is 9.94. The minimum absolute atomic E-state index is 0.261. The van der Waals surface area contributed by atoms with Crippen LogP contribution in [0.3, 0.4) is 0 Å². The fourth-order valence-electron chi connectivity index (χ4n) is 0.982. The van der Waals surface area contributed by atoms with Gasteiger partial charge in [-0.1, -0.05) is 6.58 Å². The summed E-state index contributed by atoms with van der Waals surface area (Å²) in [6.07, 6.45) is 0. The minimum atomic E-state index is -1.28. The van der Waals surface area contributed by atoms with Gasteiger partial charge in [-0.3, -0.25) is 0 Å². The second kappa shape index (κ2) is 4.69. The summed E-state index contributed by atoms with van der Waals surface area (Å²) in [6, 6.07) is 0.990. The van der Waals surface area contributed by atoms with E-state index in [1.807, 2.05) is 0 Å². The molecule has 0 heterocycles. The Bertz CT molecular complexity index is 423. The van der Waals surface area contributed by atoms with Gasteiger partial charge in [0, 0.05) is 24.3 Å². The average molecular weight is 231 g/mol. The molecular formula is C10H8F3NO2. The maximum absolute atomic E-state index is 13.0. The Kier molecular flexibility index (Phi) is 3.55. The Balaban J connectivity index is 2.82. The molecule has 86 valence electrons. The molecule has 0 saturated heterocycles. The summed E-state index contributed by atoms with van der Waals surface area (Å²) in [5.74, 6) is -4.58. The number of nitrogens with one attached hydrogen (secondary N) is 1. The number of anilines is 1. The van der Waals surface area contributed by atoms with Gasteiger partial charge in [-0.2, -0.15) is 0 Å². The maximum Gasteiger partial charge on any atom is 0.332 e. The topological polar surface area (TPSA) is 49.3 Å². The summed E-state index contributed by atoms with van der Waals surface area (Å²) in [4.78, 5) is 10.4. The number of carboxylic acids is 1. The van der Waals surface area contributed by atoms with E-state index in [4.69, 9.17) is 5.11 Å². The minimum Gasteiger partial charge on any atom is -0.478 e. The van der Waals surface area contributed by atoms with Crippen molar-refractivity contribution >= 4 is 11.7 Å². The number of aliphatic carboxylic acids is 1. The number of halogens is 3. The fourth-order valence-corrected chi connectivity index (χ4v) is 0.982. The van der Waals surface area contributed by atoms with E-state index in [9.17, 15) is 18.0 Å². The van der Waals surface area contributed by atoms with Crippen LogP contribution in [0.5, 0.6) is 0 Å². The molecule has 0 aliphatic carbocycles. The molecule has 0 aromatic heterocycles. The molecule has 1 aromatic rings. The predicted molar refractivity (Wildman–Crippen MR) is 51.6 cm³/mol. The molecular weight excluding hydrogens is 223 g/mol. The third-order valence-corrected chi connectivity index (χ3v) is 1.79. The van der Waals surface area contributed by atoms with Gasteiger partial charge in [-0.05, 0) is 0 Å². The number of benzene rings is 1. The molecule has 1 rings (SSSR count). The van der Waals surface area contributed by atoms with Crippen LogP contribution in [0.15, 0.2) is 24.3 Å². The van der Waals surface area contributed by atoms with E-state index >= 15 is 0 Å². The van der Waals surface area contributed by atoms with Crippen LogP contribution >= 0.6 is 0 Å². The van der Waals surface area contributed by atoms with Gasteiger partial charge in [0.1, 0.15) is 11.5 Å². The Morgan fingerprint density at radius 1 is 1.31 bits per heavy atom. The molecule has 3 nitrogen and oxygen atoms in total. The summed E-state index contributed by atoms with van der Waals surface area (Å²) >= 11 is 0. The van der Waals surface area contributed by atoms with E-state index in [-0.39, 0.29) is 12.1 Å². The zero-order valence-corrected chi connectivity index (χ0v) is 8.06. The standard InChI is InChI=1S/C10H8F3NO2/c1-5(10(15)16)4-14-9-7(12)2-6(11)3-8(9)13/h2-3,14H,1,4H2,(H,15,16). The van der Waals surface area contributed by atoms with Crippen molar-refractivity contribution in [3.63, 3.8) is 0 Å². The van der Waals surface area contributed by atoms with E-state index < -0.39 is 29.1 Å². The number of hydrogen-bond donors (Lipinski definition) is 2. The number of carbonyl (C=O) groups is 1. The third-order valence-electron chi connectivity index (χ3n) is 1.79. The molecule has 0 unspecified atom stereocenters. The second-order valence-electron chi connectivity index (χ2n) is 3.01. The molecule has 0 bridgehead atoms. The molecule has 16 heavy (non-hydrogen) atoms. The molecule has 0 radical (unpaired) electrons. The Hall–Kier alpha value is -1.98. The van der Waals surface area contributed by atoms with E-state index in [2.05, 4.69) is 11.9 Å². The lowest BCUT2D eigenvalue weighted by Gasteiger charge is -2.08.